The van der Waals surface area contributed by atoms with E-state index in [0.29, 0.717) is 5.76 Å². The smallest absolute Gasteiger partial charge is 0.240 e. The van der Waals surface area contributed by atoms with Gasteiger partial charge in [0.25, 0.3) is 0 Å². The quantitative estimate of drug-likeness (QED) is 0.779. The highest BCUT2D eigenvalue weighted by Gasteiger charge is 2.11. The molecule has 0 radical (unpaired) electrons. The van der Waals surface area contributed by atoms with E-state index >= 15 is 0 Å². The maximum Gasteiger partial charge on any atom is 0.240 e. The molecule has 6 heteroatoms. The van der Waals surface area contributed by atoms with Gasteiger partial charge in [0.1, 0.15) is 16.5 Å². The average molecular weight is 245 g/mol. The second kappa shape index (κ2) is 4.16. The van der Waals surface area contributed by atoms with Gasteiger partial charge in [0.05, 0.1) is 6.26 Å². The van der Waals surface area contributed by atoms with Gasteiger partial charge in [-0.25, -0.2) is 4.21 Å². The topological polar surface area (TPSA) is 42.6 Å². The fraction of sp³-hybridized carbons (Fsp3) is 0.111. The van der Waals surface area contributed by atoms with Crippen LogP contribution in [0.2, 0.25) is 0 Å². The maximum atomic E-state index is 13.6. The second-order valence-electron chi connectivity index (χ2n) is 2.76. The van der Waals surface area contributed by atoms with E-state index in [9.17, 15) is 8.09 Å². The van der Waals surface area contributed by atoms with Crippen LogP contribution in [0.4, 0.5) is 3.89 Å². The molecule has 2 heterocycles. The van der Waals surface area contributed by atoms with Gasteiger partial charge in [-0.3, -0.25) is 0 Å². The van der Waals surface area contributed by atoms with Gasteiger partial charge in [-0.05, 0) is 23.6 Å². The van der Waals surface area contributed by atoms with Crippen LogP contribution in [0.25, 0.3) is 0 Å². The molecule has 2 aromatic heterocycles. The summed E-state index contributed by atoms with van der Waals surface area (Å²) in [5, 5.41) is 1.66. The van der Waals surface area contributed by atoms with Crippen LogP contribution in [0.15, 0.2) is 48.9 Å². The molecule has 0 fully saturated rings. The molecule has 0 aliphatic rings. The predicted octanol–water partition coefficient (Wildman–Crippen LogP) is 3.25. The SMILES string of the molecule is O=[S@](F)(=NCc1ccco1)c1cccs1. The number of thiophene rings is 1. The fourth-order valence-corrected chi connectivity index (χ4v) is 2.93. The molecule has 0 bridgehead atoms. The second-order valence-corrected chi connectivity index (χ2v) is 5.58. The minimum Gasteiger partial charge on any atom is -0.467 e. The van der Waals surface area contributed by atoms with Crippen molar-refractivity contribution in [1.29, 1.82) is 0 Å². The van der Waals surface area contributed by atoms with E-state index in [1.54, 1.807) is 23.6 Å². The van der Waals surface area contributed by atoms with Crippen molar-refractivity contribution in [2.24, 2.45) is 4.36 Å². The van der Waals surface area contributed by atoms with E-state index in [4.69, 9.17) is 4.42 Å². The lowest BCUT2D eigenvalue weighted by Gasteiger charge is -1.95. The molecule has 3 nitrogen and oxygen atoms in total. The monoisotopic (exact) mass is 245 g/mol. The van der Waals surface area contributed by atoms with Crippen molar-refractivity contribution in [3.05, 3.63) is 41.7 Å². The number of nitrogens with zero attached hydrogens (tertiary/aromatic N) is 1. The highest BCUT2D eigenvalue weighted by Crippen LogP contribution is 2.21. The molecule has 2 rings (SSSR count). The lowest BCUT2D eigenvalue weighted by atomic mass is 10.5. The molecule has 2 aromatic rings. The van der Waals surface area contributed by atoms with Gasteiger partial charge in [-0.15, -0.1) is 15.2 Å². The first-order chi connectivity index (χ1) is 7.18. The summed E-state index contributed by atoms with van der Waals surface area (Å²) in [5.41, 5.74) is 0. The fourth-order valence-electron chi connectivity index (χ4n) is 1.02. The Kier molecular flexibility index (Phi) is 2.88. The summed E-state index contributed by atoms with van der Waals surface area (Å²) in [4.78, 5) is 0. The number of hydrogen-bond acceptors (Lipinski definition) is 4. The summed E-state index contributed by atoms with van der Waals surface area (Å²) in [6, 6.07) is 6.45. The van der Waals surface area contributed by atoms with Crippen LogP contribution in [0, 0.1) is 0 Å². The Labute approximate surface area is 91.0 Å². The number of hydrogen-bond donors (Lipinski definition) is 0. The predicted molar refractivity (Wildman–Crippen MR) is 56.7 cm³/mol. The molecule has 0 aliphatic heterocycles. The van der Waals surface area contributed by atoms with Crippen molar-refractivity contribution in [3.63, 3.8) is 0 Å². The number of furan rings is 1. The van der Waals surface area contributed by atoms with Gasteiger partial charge in [-0.1, -0.05) is 6.07 Å². The highest BCUT2D eigenvalue weighted by atomic mass is 32.3. The van der Waals surface area contributed by atoms with Crippen LogP contribution in [0.1, 0.15) is 5.76 Å². The molecule has 0 amide bonds. The van der Waals surface area contributed by atoms with Gasteiger partial charge in [-0.2, -0.15) is 4.36 Å². The first-order valence-electron chi connectivity index (χ1n) is 4.17. The number of rotatable bonds is 3. The van der Waals surface area contributed by atoms with Crippen LogP contribution in [-0.2, 0) is 16.7 Å². The minimum atomic E-state index is -3.76. The van der Waals surface area contributed by atoms with Crippen LogP contribution in [-0.4, -0.2) is 4.21 Å². The van der Waals surface area contributed by atoms with E-state index in [1.807, 2.05) is 0 Å². The highest BCUT2D eigenvalue weighted by molar-refractivity contribution is 7.90. The zero-order valence-corrected chi connectivity index (χ0v) is 9.26. The van der Waals surface area contributed by atoms with Crippen molar-refractivity contribution in [3.8, 4) is 0 Å². The lowest BCUT2D eigenvalue weighted by molar-refractivity contribution is 0.512. The summed E-state index contributed by atoms with van der Waals surface area (Å²) in [7, 11) is -3.76. The van der Waals surface area contributed by atoms with Crippen LogP contribution in [0.5, 0.6) is 0 Å². The molecule has 0 aromatic carbocycles. The molecular formula is C9H8FNO2S2. The summed E-state index contributed by atoms with van der Waals surface area (Å²) in [5.74, 6) is 0.497. The van der Waals surface area contributed by atoms with Gasteiger partial charge in [0.2, 0.25) is 10.1 Å². The third-order valence-corrected chi connectivity index (χ3v) is 4.37. The summed E-state index contributed by atoms with van der Waals surface area (Å²) < 4.78 is 33.7. The van der Waals surface area contributed by atoms with E-state index < -0.39 is 10.1 Å². The Bertz CT molecular complexity index is 524. The van der Waals surface area contributed by atoms with Gasteiger partial charge >= 0.3 is 0 Å². The Hall–Kier alpha value is -1.14. The minimum absolute atomic E-state index is 0.0137. The van der Waals surface area contributed by atoms with Crippen LogP contribution >= 0.6 is 11.3 Å². The molecule has 0 saturated heterocycles. The van der Waals surface area contributed by atoms with E-state index in [-0.39, 0.29) is 10.8 Å². The molecule has 1 atom stereocenters. The van der Waals surface area contributed by atoms with Gasteiger partial charge < -0.3 is 4.42 Å². The molecule has 15 heavy (non-hydrogen) atoms. The number of halogens is 1. The normalized spacial score (nSPS) is 14.7. The molecule has 80 valence electrons. The third-order valence-electron chi connectivity index (χ3n) is 1.71. The van der Waals surface area contributed by atoms with Gasteiger partial charge in [0.15, 0.2) is 0 Å². The van der Waals surface area contributed by atoms with Crippen molar-refractivity contribution >= 4 is 21.5 Å². The molecular weight excluding hydrogens is 237 g/mol. The van der Waals surface area contributed by atoms with Crippen LogP contribution in [0.3, 0.4) is 0 Å². The van der Waals surface area contributed by atoms with Crippen LogP contribution < -0.4 is 0 Å². The summed E-state index contributed by atoms with van der Waals surface area (Å²) in [6.45, 7) is -0.0137. The average Bonchev–Trinajstić information content (AvgIpc) is 2.88. The molecule has 0 aliphatic carbocycles. The van der Waals surface area contributed by atoms with E-state index in [0.717, 1.165) is 11.3 Å². The molecule has 0 N–H and O–H groups in total. The zero-order valence-electron chi connectivity index (χ0n) is 7.63. The van der Waals surface area contributed by atoms with Crippen molar-refractivity contribution < 1.29 is 12.5 Å². The first-order valence-corrected chi connectivity index (χ1v) is 6.46. The zero-order chi connectivity index (χ0) is 10.7. The Morgan fingerprint density at radius 3 is 2.93 bits per heavy atom. The van der Waals surface area contributed by atoms with E-state index in [2.05, 4.69) is 4.36 Å². The summed E-state index contributed by atoms with van der Waals surface area (Å²) in [6.07, 6.45) is 1.47. The summed E-state index contributed by atoms with van der Waals surface area (Å²) >= 11 is 1.09. The van der Waals surface area contributed by atoms with Gasteiger partial charge in [0, 0.05) is 0 Å². The van der Waals surface area contributed by atoms with Crippen molar-refractivity contribution in [2.75, 3.05) is 0 Å². The molecule has 0 unspecified atom stereocenters. The Balaban J connectivity index is 2.23. The molecule has 0 saturated carbocycles. The third kappa shape index (κ3) is 2.45. The Morgan fingerprint density at radius 1 is 1.47 bits per heavy atom. The van der Waals surface area contributed by atoms with Crippen molar-refractivity contribution in [1.82, 2.24) is 0 Å². The Morgan fingerprint density at radius 2 is 2.33 bits per heavy atom. The maximum absolute atomic E-state index is 13.6. The van der Waals surface area contributed by atoms with Crippen molar-refractivity contribution in [2.45, 2.75) is 10.8 Å². The first kappa shape index (κ1) is 10.4. The van der Waals surface area contributed by atoms with E-state index in [1.165, 1.54) is 12.3 Å². The molecule has 0 spiro atoms. The lowest BCUT2D eigenvalue weighted by Crippen LogP contribution is -1.89. The standard InChI is InChI=1S/C9H8FNO2S2/c10-15(12,9-4-2-6-14-9)11-7-8-3-1-5-13-8/h1-6H,7H2/t15-/m1/s1. The largest absolute Gasteiger partial charge is 0.467 e.